The third-order valence-corrected chi connectivity index (χ3v) is 6.67. The van der Waals surface area contributed by atoms with Gasteiger partial charge < -0.3 is 15.1 Å². The summed E-state index contributed by atoms with van der Waals surface area (Å²) in [6, 6.07) is 9.58. The standard InChI is InChI=1S/C19H28N6OS2/c1-3-17-22-19(27-23-17)25-13-11-24(12-14-25)18(20-4-2)21-10-15-28(26)16-8-6-5-7-9-16/h5-9H,3-4,10-15H2,1-2H3,(H,20,21). The number of aryl methyl sites for hydroxylation is 1. The Balaban J connectivity index is 1.53. The summed E-state index contributed by atoms with van der Waals surface area (Å²) in [5.74, 6) is 2.35. The van der Waals surface area contributed by atoms with Crippen LogP contribution in [0.4, 0.5) is 5.13 Å². The molecule has 0 saturated carbocycles. The maximum absolute atomic E-state index is 12.4. The summed E-state index contributed by atoms with van der Waals surface area (Å²) < 4.78 is 16.8. The van der Waals surface area contributed by atoms with Gasteiger partial charge in [-0.3, -0.25) is 9.20 Å². The van der Waals surface area contributed by atoms with Gasteiger partial charge in [-0.1, -0.05) is 25.1 Å². The number of rotatable bonds is 7. The molecule has 1 aromatic carbocycles. The first-order valence-corrected chi connectivity index (χ1v) is 11.8. The number of hydrogen-bond acceptors (Lipinski definition) is 6. The van der Waals surface area contributed by atoms with E-state index in [0.717, 1.165) is 61.0 Å². The van der Waals surface area contributed by atoms with Crippen molar-refractivity contribution < 1.29 is 4.21 Å². The molecule has 152 valence electrons. The van der Waals surface area contributed by atoms with Crippen LogP contribution in [0.3, 0.4) is 0 Å². The number of guanidine groups is 1. The smallest absolute Gasteiger partial charge is 0.205 e. The molecule has 1 aliphatic rings. The molecule has 1 aliphatic heterocycles. The van der Waals surface area contributed by atoms with Crippen molar-refractivity contribution in [3.8, 4) is 0 Å². The molecule has 7 nitrogen and oxygen atoms in total. The number of aliphatic imine (C=N–C) groups is 1. The fraction of sp³-hybridized carbons (Fsp3) is 0.526. The van der Waals surface area contributed by atoms with Crippen LogP contribution >= 0.6 is 11.5 Å². The Hall–Kier alpha value is -2.00. The number of piperazine rings is 1. The normalized spacial score (nSPS) is 16.3. The quantitative estimate of drug-likeness (QED) is 0.546. The SMILES string of the molecule is CCNC(=NCCS(=O)c1ccccc1)N1CCN(c2nc(CC)ns2)CC1. The fourth-order valence-corrected chi connectivity index (χ4v) is 4.73. The van der Waals surface area contributed by atoms with Crippen molar-refractivity contribution in [3.63, 3.8) is 0 Å². The predicted molar refractivity (Wildman–Crippen MR) is 117 cm³/mol. The van der Waals surface area contributed by atoms with Gasteiger partial charge in [-0.25, -0.2) is 4.98 Å². The Morgan fingerprint density at radius 1 is 1.21 bits per heavy atom. The summed E-state index contributed by atoms with van der Waals surface area (Å²) in [5, 5.41) is 4.38. The second-order valence-electron chi connectivity index (χ2n) is 6.42. The van der Waals surface area contributed by atoms with Gasteiger partial charge in [0.2, 0.25) is 5.13 Å². The van der Waals surface area contributed by atoms with Crippen LogP contribution < -0.4 is 10.2 Å². The molecule has 1 aromatic heterocycles. The number of nitrogens with one attached hydrogen (secondary N) is 1. The molecule has 1 unspecified atom stereocenters. The minimum Gasteiger partial charge on any atom is -0.357 e. The lowest BCUT2D eigenvalue weighted by Gasteiger charge is -2.36. The van der Waals surface area contributed by atoms with Crippen molar-refractivity contribution in [2.45, 2.75) is 25.2 Å². The van der Waals surface area contributed by atoms with E-state index >= 15 is 0 Å². The van der Waals surface area contributed by atoms with Crippen LogP contribution in [0.25, 0.3) is 0 Å². The first-order chi connectivity index (χ1) is 13.7. The van der Waals surface area contributed by atoms with Crippen LogP contribution in [0.1, 0.15) is 19.7 Å². The highest BCUT2D eigenvalue weighted by Gasteiger charge is 2.22. The number of nitrogens with zero attached hydrogens (tertiary/aromatic N) is 5. The summed E-state index contributed by atoms with van der Waals surface area (Å²) in [5.41, 5.74) is 0. The number of hydrogen-bond donors (Lipinski definition) is 1. The van der Waals surface area contributed by atoms with Crippen LogP contribution in [0.2, 0.25) is 0 Å². The van der Waals surface area contributed by atoms with E-state index in [4.69, 9.17) is 4.99 Å². The second kappa shape index (κ2) is 10.5. The Bertz CT molecular complexity index is 787. The van der Waals surface area contributed by atoms with E-state index in [1.165, 1.54) is 11.5 Å². The summed E-state index contributed by atoms with van der Waals surface area (Å²) in [6.07, 6.45) is 0.873. The molecule has 1 N–H and O–H groups in total. The van der Waals surface area contributed by atoms with E-state index in [2.05, 4.69) is 38.3 Å². The summed E-state index contributed by atoms with van der Waals surface area (Å²) in [4.78, 5) is 14.7. The first kappa shape index (κ1) is 20.7. The minimum absolute atomic E-state index is 0.531. The van der Waals surface area contributed by atoms with Gasteiger partial charge in [0.05, 0.1) is 17.3 Å². The highest BCUT2D eigenvalue weighted by atomic mass is 32.2. The van der Waals surface area contributed by atoms with Crippen molar-refractivity contribution in [1.29, 1.82) is 0 Å². The van der Waals surface area contributed by atoms with Gasteiger partial charge in [-0.2, -0.15) is 4.37 Å². The lowest BCUT2D eigenvalue weighted by atomic mass is 10.3. The van der Waals surface area contributed by atoms with E-state index < -0.39 is 10.8 Å². The Morgan fingerprint density at radius 3 is 2.61 bits per heavy atom. The molecular weight excluding hydrogens is 392 g/mol. The van der Waals surface area contributed by atoms with Gasteiger partial charge in [0.15, 0.2) is 5.96 Å². The molecule has 2 aromatic rings. The largest absolute Gasteiger partial charge is 0.357 e. The van der Waals surface area contributed by atoms with Crippen molar-refractivity contribution >= 4 is 33.4 Å². The van der Waals surface area contributed by atoms with Gasteiger partial charge in [-0.15, -0.1) is 0 Å². The molecule has 9 heteroatoms. The van der Waals surface area contributed by atoms with Crippen molar-refractivity contribution in [2.24, 2.45) is 4.99 Å². The summed E-state index contributed by atoms with van der Waals surface area (Å²) >= 11 is 1.48. The lowest BCUT2D eigenvalue weighted by molar-refractivity contribution is 0.372. The minimum atomic E-state index is -1.01. The van der Waals surface area contributed by atoms with E-state index in [0.29, 0.717) is 12.3 Å². The molecule has 1 fully saturated rings. The topological polar surface area (TPSA) is 73.7 Å². The number of anilines is 1. The van der Waals surface area contributed by atoms with Crippen molar-refractivity contribution in [1.82, 2.24) is 19.6 Å². The van der Waals surface area contributed by atoms with Gasteiger partial charge in [0, 0.05) is 61.3 Å². The maximum Gasteiger partial charge on any atom is 0.205 e. The highest BCUT2D eigenvalue weighted by Crippen LogP contribution is 2.19. The van der Waals surface area contributed by atoms with Gasteiger partial charge in [0.1, 0.15) is 5.82 Å². The number of benzene rings is 1. The molecule has 3 rings (SSSR count). The zero-order valence-corrected chi connectivity index (χ0v) is 18.1. The van der Waals surface area contributed by atoms with Crippen molar-refractivity contribution in [3.05, 3.63) is 36.2 Å². The fourth-order valence-electron chi connectivity index (χ4n) is 2.98. The molecule has 1 saturated heterocycles. The Labute approximate surface area is 173 Å². The van der Waals surface area contributed by atoms with Crippen molar-refractivity contribution in [2.75, 3.05) is 49.9 Å². The maximum atomic E-state index is 12.4. The van der Waals surface area contributed by atoms with Crippen LogP contribution in [0.5, 0.6) is 0 Å². The summed E-state index contributed by atoms with van der Waals surface area (Å²) in [7, 11) is -1.01. The van der Waals surface area contributed by atoms with E-state index in [-0.39, 0.29) is 0 Å². The van der Waals surface area contributed by atoms with Crippen LogP contribution in [0, 0.1) is 0 Å². The monoisotopic (exact) mass is 420 g/mol. The molecule has 0 bridgehead atoms. The molecule has 1 atom stereocenters. The molecular formula is C19H28N6OS2. The highest BCUT2D eigenvalue weighted by molar-refractivity contribution is 7.85. The second-order valence-corrected chi connectivity index (χ2v) is 8.72. The third-order valence-electron chi connectivity index (χ3n) is 4.50. The molecule has 28 heavy (non-hydrogen) atoms. The summed E-state index contributed by atoms with van der Waals surface area (Å²) in [6.45, 7) is 9.08. The van der Waals surface area contributed by atoms with Crippen LogP contribution in [-0.4, -0.2) is 69.4 Å². The zero-order chi connectivity index (χ0) is 19.8. The first-order valence-electron chi connectivity index (χ1n) is 9.75. The Morgan fingerprint density at radius 2 is 1.96 bits per heavy atom. The van der Waals surface area contributed by atoms with E-state index in [9.17, 15) is 4.21 Å². The number of aromatic nitrogens is 2. The van der Waals surface area contributed by atoms with Crippen LogP contribution in [-0.2, 0) is 17.2 Å². The van der Waals surface area contributed by atoms with Gasteiger partial charge >= 0.3 is 0 Å². The molecule has 0 spiro atoms. The average Bonchev–Trinajstić information content (AvgIpc) is 3.23. The van der Waals surface area contributed by atoms with Gasteiger partial charge in [0.25, 0.3) is 0 Å². The Kier molecular flexibility index (Phi) is 7.79. The third kappa shape index (κ3) is 5.51. The van der Waals surface area contributed by atoms with E-state index in [1.807, 2.05) is 30.3 Å². The zero-order valence-electron chi connectivity index (χ0n) is 16.5. The lowest BCUT2D eigenvalue weighted by Crippen LogP contribution is -2.52. The molecule has 2 heterocycles. The molecule has 0 radical (unpaired) electrons. The molecule has 0 aliphatic carbocycles. The van der Waals surface area contributed by atoms with E-state index in [1.54, 1.807) is 0 Å². The average molecular weight is 421 g/mol. The van der Waals surface area contributed by atoms with Crippen LogP contribution in [0.15, 0.2) is 40.2 Å². The molecule has 0 amide bonds. The van der Waals surface area contributed by atoms with Gasteiger partial charge in [-0.05, 0) is 19.1 Å². The predicted octanol–water partition coefficient (Wildman–Crippen LogP) is 2.00.